The van der Waals surface area contributed by atoms with Gasteiger partial charge in [-0.3, -0.25) is 14.4 Å². The molecular formula is C20H22N4O3S2. The Morgan fingerprint density at radius 1 is 1.07 bits per heavy atom. The van der Waals surface area contributed by atoms with Crippen LogP contribution in [0.25, 0.3) is 10.6 Å². The molecule has 152 valence electrons. The second kappa shape index (κ2) is 8.30. The fraction of sp³-hybridized carbons (Fsp3) is 0.250. The summed E-state index contributed by atoms with van der Waals surface area (Å²) in [6.07, 6.45) is 1.08. The molecule has 29 heavy (non-hydrogen) atoms. The Morgan fingerprint density at radius 3 is 2.38 bits per heavy atom. The van der Waals surface area contributed by atoms with Crippen LogP contribution in [0.3, 0.4) is 0 Å². The van der Waals surface area contributed by atoms with Gasteiger partial charge in [-0.25, -0.2) is 8.42 Å². The SMILES string of the molecule is Cc1ccc(-c2nnc(NC(=O)[C@H](C)N(c3cccc(C)c3)S(C)(=O)=O)s2)cc1. The molecule has 0 radical (unpaired) electrons. The number of sulfonamides is 1. The molecule has 3 rings (SSSR count). The van der Waals surface area contributed by atoms with Gasteiger partial charge in [-0.1, -0.05) is 53.3 Å². The first-order valence-electron chi connectivity index (χ1n) is 8.92. The molecule has 0 spiro atoms. The highest BCUT2D eigenvalue weighted by atomic mass is 32.2. The fourth-order valence-corrected chi connectivity index (χ4v) is 4.79. The second-order valence-electron chi connectivity index (χ2n) is 6.84. The van der Waals surface area contributed by atoms with Crippen molar-refractivity contribution in [2.24, 2.45) is 0 Å². The van der Waals surface area contributed by atoms with E-state index in [1.165, 1.54) is 11.3 Å². The predicted octanol–water partition coefficient (Wildman–Crippen LogP) is 3.62. The van der Waals surface area contributed by atoms with Crippen LogP contribution < -0.4 is 9.62 Å². The summed E-state index contributed by atoms with van der Waals surface area (Å²) in [6, 6.07) is 13.9. The summed E-state index contributed by atoms with van der Waals surface area (Å²) >= 11 is 1.23. The molecule has 0 aliphatic heterocycles. The zero-order chi connectivity index (χ0) is 21.2. The van der Waals surface area contributed by atoms with Crippen molar-refractivity contribution in [3.63, 3.8) is 0 Å². The van der Waals surface area contributed by atoms with Gasteiger partial charge in [0, 0.05) is 5.56 Å². The highest BCUT2D eigenvalue weighted by molar-refractivity contribution is 7.92. The normalized spacial score (nSPS) is 12.4. The van der Waals surface area contributed by atoms with Gasteiger partial charge in [-0.2, -0.15) is 0 Å². The zero-order valence-electron chi connectivity index (χ0n) is 16.6. The summed E-state index contributed by atoms with van der Waals surface area (Å²) in [5, 5.41) is 11.8. The van der Waals surface area contributed by atoms with Gasteiger partial charge in [0.2, 0.25) is 21.1 Å². The Hall–Kier alpha value is -2.78. The minimum absolute atomic E-state index is 0.315. The Kier molecular flexibility index (Phi) is 5.99. The van der Waals surface area contributed by atoms with Crippen molar-refractivity contribution in [3.8, 4) is 10.6 Å². The molecule has 0 aliphatic carbocycles. The lowest BCUT2D eigenvalue weighted by atomic mass is 10.2. The zero-order valence-corrected chi connectivity index (χ0v) is 18.2. The Bertz CT molecular complexity index is 1120. The van der Waals surface area contributed by atoms with E-state index < -0.39 is 22.0 Å². The molecule has 0 unspecified atom stereocenters. The molecule has 3 aromatic rings. The number of hydrogen-bond acceptors (Lipinski definition) is 6. The second-order valence-corrected chi connectivity index (χ2v) is 9.68. The van der Waals surface area contributed by atoms with Gasteiger partial charge in [-0.15, -0.1) is 10.2 Å². The van der Waals surface area contributed by atoms with E-state index >= 15 is 0 Å². The largest absolute Gasteiger partial charge is 0.299 e. The minimum Gasteiger partial charge on any atom is -0.299 e. The van der Waals surface area contributed by atoms with Gasteiger partial charge in [0.05, 0.1) is 11.9 Å². The third kappa shape index (κ3) is 4.99. The van der Waals surface area contributed by atoms with Crippen LogP contribution >= 0.6 is 11.3 Å². The average molecular weight is 431 g/mol. The van der Waals surface area contributed by atoms with Crippen molar-refractivity contribution in [1.29, 1.82) is 0 Å². The molecule has 1 heterocycles. The average Bonchev–Trinajstić information content (AvgIpc) is 3.09. The highest BCUT2D eigenvalue weighted by Crippen LogP contribution is 2.27. The maximum Gasteiger partial charge on any atom is 0.249 e. The monoisotopic (exact) mass is 430 g/mol. The topological polar surface area (TPSA) is 92.3 Å². The summed E-state index contributed by atoms with van der Waals surface area (Å²) in [5.41, 5.74) is 3.38. The molecule has 9 heteroatoms. The van der Waals surface area contributed by atoms with Crippen LogP contribution in [0.5, 0.6) is 0 Å². The number of hydrogen-bond donors (Lipinski definition) is 1. The van der Waals surface area contributed by atoms with E-state index in [0.717, 1.165) is 27.3 Å². The Labute approximate surface area is 174 Å². The molecule has 7 nitrogen and oxygen atoms in total. The molecule has 0 aliphatic rings. The van der Waals surface area contributed by atoms with Gasteiger partial charge in [0.1, 0.15) is 11.0 Å². The van der Waals surface area contributed by atoms with Crippen molar-refractivity contribution in [2.45, 2.75) is 26.8 Å². The predicted molar refractivity (Wildman–Crippen MR) is 117 cm³/mol. The third-order valence-corrected chi connectivity index (χ3v) is 6.43. The van der Waals surface area contributed by atoms with Gasteiger partial charge in [-0.05, 0) is 38.5 Å². The van der Waals surface area contributed by atoms with E-state index in [0.29, 0.717) is 15.8 Å². The Balaban J connectivity index is 1.81. The Morgan fingerprint density at radius 2 is 1.76 bits per heavy atom. The van der Waals surface area contributed by atoms with Crippen molar-refractivity contribution in [2.75, 3.05) is 15.9 Å². The molecule has 1 N–H and O–H groups in total. The summed E-state index contributed by atoms with van der Waals surface area (Å²) in [4.78, 5) is 12.8. The van der Waals surface area contributed by atoms with E-state index in [1.54, 1.807) is 25.1 Å². The number of aromatic nitrogens is 2. The fourth-order valence-electron chi connectivity index (χ4n) is 2.87. The van der Waals surface area contributed by atoms with E-state index in [9.17, 15) is 13.2 Å². The number of rotatable bonds is 6. The maximum absolute atomic E-state index is 12.8. The molecule has 0 bridgehead atoms. The highest BCUT2D eigenvalue weighted by Gasteiger charge is 2.29. The molecule has 1 atom stereocenters. The number of carbonyl (C=O) groups excluding carboxylic acids is 1. The van der Waals surface area contributed by atoms with Crippen LogP contribution in [-0.2, 0) is 14.8 Å². The number of amides is 1. The number of nitrogens with one attached hydrogen (secondary N) is 1. The van der Waals surface area contributed by atoms with E-state index in [-0.39, 0.29) is 0 Å². The van der Waals surface area contributed by atoms with Gasteiger partial charge < -0.3 is 0 Å². The smallest absolute Gasteiger partial charge is 0.249 e. The lowest BCUT2D eigenvalue weighted by Crippen LogP contribution is -2.45. The lowest BCUT2D eigenvalue weighted by molar-refractivity contribution is -0.116. The van der Waals surface area contributed by atoms with Crippen LogP contribution in [0, 0.1) is 13.8 Å². The van der Waals surface area contributed by atoms with E-state index in [1.807, 2.05) is 44.2 Å². The first kappa shape index (κ1) is 20.9. The van der Waals surface area contributed by atoms with Crippen LogP contribution in [0.15, 0.2) is 48.5 Å². The number of nitrogens with zero attached hydrogens (tertiary/aromatic N) is 3. The van der Waals surface area contributed by atoms with Gasteiger partial charge in [0.25, 0.3) is 0 Å². The van der Waals surface area contributed by atoms with Crippen molar-refractivity contribution in [3.05, 3.63) is 59.7 Å². The molecule has 0 fully saturated rings. The molecule has 2 aromatic carbocycles. The first-order chi connectivity index (χ1) is 13.6. The summed E-state index contributed by atoms with van der Waals surface area (Å²) in [7, 11) is -3.67. The van der Waals surface area contributed by atoms with Crippen LogP contribution in [0.2, 0.25) is 0 Å². The van der Waals surface area contributed by atoms with E-state index in [4.69, 9.17) is 0 Å². The minimum atomic E-state index is -3.67. The molecular weight excluding hydrogens is 408 g/mol. The quantitative estimate of drug-likeness (QED) is 0.645. The first-order valence-corrected chi connectivity index (χ1v) is 11.6. The summed E-state index contributed by atoms with van der Waals surface area (Å²) in [5.74, 6) is -0.483. The van der Waals surface area contributed by atoms with Crippen molar-refractivity contribution < 1.29 is 13.2 Å². The summed E-state index contributed by atoms with van der Waals surface area (Å²) in [6.45, 7) is 5.40. The number of carbonyl (C=O) groups is 1. The number of benzene rings is 2. The molecule has 1 amide bonds. The third-order valence-electron chi connectivity index (χ3n) is 4.30. The number of aryl methyl sites for hydroxylation is 2. The van der Waals surface area contributed by atoms with E-state index in [2.05, 4.69) is 15.5 Å². The molecule has 1 aromatic heterocycles. The summed E-state index contributed by atoms with van der Waals surface area (Å²) < 4.78 is 25.9. The van der Waals surface area contributed by atoms with Crippen molar-refractivity contribution >= 4 is 38.1 Å². The number of anilines is 2. The van der Waals surface area contributed by atoms with Crippen LogP contribution in [0.1, 0.15) is 18.1 Å². The van der Waals surface area contributed by atoms with Gasteiger partial charge >= 0.3 is 0 Å². The lowest BCUT2D eigenvalue weighted by Gasteiger charge is -2.28. The van der Waals surface area contributed by atoms with Crippen LogP contribution in [-0.4, -0.2) is 36.8 Å². The van der Waals surface area contributed by atoms with Crippen LogP contribution in [0.4, 0.5) is 10.8 Å². The van der Waals surface area contributed by atoms with Gasteiger partial charge in [0.15, 0.2) is 0 Å². The standard InChI is InChI=1S/C20H22N4O3S2/c1-13-8-10-16(11-9-13)19-22-23-20(28-19)21-18(25)15(3)24(29(4,26)27)17-7-5-6-14(2)12-17/h5-12,15H,1-4H3,(H,21,23,25)/t15-/m0/s1. The van der Waals surface area contributed by atoms with Crippen molar-refractivity contribution in [1.82, 2.24) is 10.2 Å². The molecule has 0 saturated heterocycles. The molecule has 0 saturated carbocycles. The maximum atomic E-state index is 12.8.